The van der Waals surface area contributed by atoms with Crippen LogP contribution in [0.4, 0.5) is 0 Å². The number of carbonyl (C=O) groups is 1. The molecule has 0 fully saturated rings. The van der Waals surface area contributed by atoms with Crippen molar-refractivity contribution in [1.29, 1.82) is 0 Å². The van der Waals surface area contributed by atoms with Gasteiger partial charge < -0.3 is 14.2 Å². The number of esters is 1. The summed E-state index contributed by atoms with van der Waals surface area (Å²) in [6, 6.07) is 10.2. The number of benzene rings is 1. The van der Waals surface area contributed by atoms with Crippen LogP contribution in [-0.2, 0) is 4.74 Å². The number of aromatic hydroxyl groups is 1. The van der Waals surface area contributed by atoms with E-state index in [1.807, 2.05) is 6.07 Å². The van der Waals surface area contributed by atoms with Gasteiger partial charge >= 0.3 is 5.97 Å². The number of phenols is 1. The number of hydrogen-bond donors (Lipinski definition) is 1. The number of fused-ring (bicyclic) bond motifs is 1. The topological polar surface area (TPSA) is 63.8 Å². The third-order valence-corrected chi connectivity index (χ3v) is 3.03. The van der Waals surface area contributed by atoms with Crippen molar-refractivity contribution in [3.05, 3.63) is 54.4 Å². The molecule has 0 aliphatic heterocycles. The molecule has 0 saturated carbocycles. The molecular formula is C15H12N2O3. The number of hydrogen-bond acceptors (Lipinski definition) is 4. The van der Waals surface area contributed by atoms with E-state index in [0.29, 0.717) is 16.9 Å². The summed E-state index contributed by atoms with van der Waals surface area (Å²) in [4.78, 5) is 16.2. The van der Waals surface area contributed by atoms with E-state index in [1.54, 1.807) is 47.1 Å². The molecule has 0 saturated heterocycles. The van der Waals surface area contributed by atoms with Crippen molar-refractivity contribution in [1.82, 2.24) is 9.38 Å². The first-order valence-corrected chi connectivity index (χ1v) is 6.04. The summed E-state index contributed by atoms with van der Waals surface area (Å²) >= 11 is 0. The lowest BCUT2D eigenvalue weighted by atomic mass is 10.1. The van der Waals surface area contributed by atoms with Crippen LogP contribution < -0.4 is 0 Å². The molecule has 0 aliphatic rings. The zero-order valence-corrected chi connectivity index (χ0v) is 10.8. The number of imidazole rings is 1. The van der Waals surface area contributed by atoms with E-state index in [-0.39, 0.29) is 5.75 Å². The maximum Gasteiger partial charge on any atom is 0.341 e. The number of carbonyl (C=O) groups excluding carboxylic acids is 1. The van der Waals surface area contributed by atoms with E-state index in [1.165, 1.54) is 7.11 Å². The second-order valence-electron chi connectivity index (χ2n) is 4.32. The SMILES string of the molecule is COC(=O)c1cccn2cc(-c3cccc(O)c3)nc12. The molecule has 1 aromatic carbocycles. The smallest absolute Gasteiger partial charge is 0.341 e. The Kier molecular flexibility index (Phi) is 2.87. The third kappa shape index (κ3) is 1.99. The van der Waals surface area contributed by atoms with Gasteiger partial charge in [-0.25, -0.2) is 9.78 Å². The number of aromatic nitrogens is 2. The van der Waals surface area contributed by atoms with Crippen LogP contribution in [0.25, 0.3) is 16.9 Å². The summed E-state index contributed by atoms with van der Waals surface area (Å²) in [6.07, 6.45) is 3.61. The van der Waals surface area contributed by atoms with E-state index in [4.69, 9.17) is 4.74 Å². The lowest BCUT2D eigenvalue weighted by Crippen LogP contribution is -2.03. The zero-order chi connectivity index (χ0) is 14.1. The minimum Gasteiger partial charge on any atom is -0.508 e. The van der Waals surface area contributed by atoms with Crippen LogP contribution in [0.5, 0.6) is 5.75 Å². The fourth-order valence-electron chi connectivity index (χ4n) is 2.09. The standard InChI is InChI=1S/C15H12N2O3/c1-20-15(19)12-6-3-7-17-9-13(16-14(12)17)10-4-2-5-11(18)8-10/h2-9,18H,1H3. The Bertz CT molecular complexity index is 793. The predicted octanol–water partition coefficient (Wildman–Crippen LogP) is 2.49. The van der Waals surface area contributed by atoms with Crippen molar-refractivity contribution in [2.45, 2.75) is 0 Å². The Labute approximate surface area is 115 Å². The molecule has 2 aromatic heterocycles. The van der Waals surface area contributed by atoms with E-state index in [0.717, 1.165) is 5.56 Å². The average molecular weight is 268 g/mol. The van der Waals surface area contributed by atoms with Gasteiger partial charge in [0.25, 0.3) is 0 Å². The number of ether oxygens (including phenoxy) is 1. The molecule has 20 heavy (non-hydrogen) atoms. The fraction of sp³-hybridized carbons (Fsp3) is 0.0667. The monoisotopic (exact) mass is 268 g/mol. The van der Waals surface area contributed by atoms with E-state index >= 15 is 0 Å². The van der Waals surface area contributed by atoms with Crippen LogP contribution in [-0.4, -0.2) is 27.6 Å². The summed E-state index contributed by atoms with van der Waals surface area (Å²) in [5, 5.41) is 9.52. The summed E-state index contributed by atoms with van der Waals surface area (Å²) < 4.78 is 6.50. The molecule has 5 heteroatoms. The molecule has 0 aliphatic carbocycles. The molecule has 3 rings (SSSR count). The van der Waals surface area contributed by atoms with Crippen molar-refractivity contribution >= 4 is 11.6 Å². The average Bonchev–Trinajstić information content (AvgIpc) is 2.90. The normalized spacial score (nSPS) is 10.7. The summed E-state index contributed by atoms with van der Waals surface area (Å²) in [6.45, 7) is 0. The minimum absolute atomic E-state index is 0.174. The molecular weight excluding hydrogens is 256 g/mol. The van der Waals surface area contributed by atoms with Gasteiger partial charge in [-0.3, -0.25) is 0 Å². The van der Waals surface area contributed by atoms with Crippen molar-refractivity contribution in [2.24, 2.45) is 0 Å². The van der Waals surface area contributed by atoms with Gasteiger partial charge in [-0.05, 0) is 24.3 Å². The second-order valence-corrected chi connectivity index (χ2v) is 4.32. The number of phenolic OH excluding ortho intramolecular Hbond substituents is 1. The van der Waals surface area contributed by atoms with Gasteiger partial charge in [0.2, 0.25) is 0 Å². The highest BCUT2D eigenvalue weighted by atomic mass is 16.5. The van der Waals surface area contributed by atoms with Crippen molar-refractivity contribution in [3.8, 4) is 17.0 Å². The Hall–Kier alpha value is -2.82. The van der Waals surface area contributed by atoms with E-state index < -0.39 is 5.97 Å². The van der Waals surface area contributed by atoms with Crippen molar-refractivity contribution in [3.63, 3.8) is 0 Å². The summed E-state index contributed by atoms with van der Waals surface area (Å²) in [7, 11) is 1.34. The molecule has 3 aromatic rings. The quantitative estimate of drug-likeness (QED) is 0.725. The first-order chi connectivity index (χ1) is 9.69. The highest BCUT2D eigenvalue weighted by Gasteiger charge is 2.14. The van der Waals surface area contributed by atoms with Gasteiger partial charge in [-0.1, -0.05) is 12.1 Å². The van der Waals surface area contributed by atoms with Crippen molar-refractivity contribution < 1.29 is 14.6 Å². The second kappa shape index (κ2) is 4.70. The molecule has 0 spiro atoms. The minimum atomic E-state index is -0.427. The van der Waals surface area contributed by atoms with Gasteiger partial charge in [0.15, 0.2) is 5.65 Å². The van der Waals surface area contributed by atoms with Gasteiger partial charge in [0, 0.05) is 18.0 Å². The number of rotatable bonds is 2. The zero-order valence-electron chi connectivity index (χ0n) is 10.8. The maximum absolute atomic E-state index is 11.7. The van der Waals surface area contributed by atoms with E-state index in [2.05, 4.69) is 4.98 Å². The van der Waals surface area contributed by atoms with Crippen LogP contribution >= 0.6 is 0 Å². The van der Waals surface area contributed by atoms with Gasteiger partial charge in [-0.15, -0.1) is 0 Å². The maximum atomic E-state index is 11.7. The van der Waals surface area contributed by atoms with E-state index in [9.17, 15) is 9.90 Å². The van der Waals surface area contributed by atoms with Crippen LogP contribution in [0.3, 0.4) is 0 Å². The van der Waals surface area contributed by atoms with Gasteiger partial charge in [-0.2, -0.15) is 0 Å². The van der Waals surface area contributed by atoms with Crippen molar-refractivity contribution in [2.75, 3.05) is 7.11 Å². The summed E-state index contributed by atoms with van der Waals surface area (Å²) in [5.41, 5.74) is 2.39. The van der Waals surface area contributed by atoms with Gasteiger partial charge in [0.1, 0.15) is 11.3 Å². The number of pyridine rings is 1. The molecule has 100 valence electrons. The highest BCUT2D eigenvalue weighted by Crippen LogP contribution is 2.24. The molecule has 0 atom stereocenters. The van der Waals surface area contributed by atoms with Crippen LogP contribution in [0.1, 0.15) is 10.4 Å². The van der Waals surface area contributed by atoms with Crippen LogP contribution in [0, 0.1) is 0 Å². The summed E-state index contributed by atoms with van der Waals surface area (Å²) in [5.74, 6) is -0.253. The molecule has 0 bridgehead atoms. The Morgan fingerprint density at radius 3 is 2.90 bits per heavy atom. The lowest BCUT2D eigenvalue weighted by molar-refractivity contribution is 0.0602. The predicted molar refractivity (Wildman–Crippen MR) is 73.6 cm³/mol. The number of nitrogens with zero attached hydrogens (tertiary/aromatic N) is 2. The largest absolute Gasteiger partial charge is 0.508 e. The Morgan fingerprint density at radius 2 is 2.15 bits per heavy atom. The first kappa shape index (κ1) is 12.2. The fourth-order valence-corrected chi connectivity index (χ4v) is 2.09. The Balaban J connectivity index is 2.18. The molecule has 5 nitrogen and oxygen atoms in total. The molecule has 0 radical (unpaired) electrons. The first-order valence-electron chi connectivity index (χ1n) is 6.04. The molecule has 2 heterocycles. The molecule has 0 unspecified atom stereocenters. The van der Waals surface area contributed by atoms with Gasteiger partial charge in [0.05, 0.1) is 12.8 Å². The molecule has 0 amide bonds. The third-order valence-electron chi connectivity index (χ3n) is 3.03. The molecule has 1 N–H and O–H groups in total. The van der Waals surface area contributed by atoms with Crippen LogP contribution in [0.2, 0.25) is 0 Å². The Morgan fingerprint density at radius 1 is 1.30 bits per heavy atom. The highest BCUT2D eigenvalue weighted by molar-refractivity contribution is 5.96. The lowest BCUT2D eigenvalue weighted by Gasteiger charge is -2.00. The number of methoxy groups -OCH3 is 1. The van der Waals surface area contributed by atoms with Crippen LogP contribution in [0.15, 0.2) is 48.8 Å².